The van der Waals surface area contributed by atoms with Crippen LogP contribution in [-0.2, 0) is 25.1 Å². The van der Waals surface area contributed by atoms with Crippen molar-refractivity contribution < 1.29 is 28.3 Å². The number of hydrogen-bond donors (Lipinski definition) is 0. The second kappa shape index (κ2) is 11.3. The zero-order valence-corrected chi connectivity index (χ0v) is 16.7. The fourth-order valence-corrected chi connectivity index (χ4v) is 2.65. The molecule has 0 aliphatic carbocycles. The average molecular weight is 406 g/mol. The van der Waals surface area contributed by atoms with E-state index in [1.165, 1.54) is 17.6 Å². The van der Waals surface area contributed by atoms with Gasteiger partial charge in [-0.25, -0.2) is 14.1 Å². The molecule has 28 heavy (non-hydrogen) atoms. The summed E-state index contributed by atoms with van der Waals surface area (Å²) in [6.45, 7) is 3.60. The van der Waals surface area contributed by atoms with Crippen molar-refractivity contribution in [2.45, 2.75) is 26.5 Å². The van der Waals surface area contributed by atoms with E-state index in [-0.39, 0.29) is 24.9 Å². The van der Waals surface area contributed by atoms with Crippen molar-refractivity contribution in [3.63, 3.8) is 0 Å². The van der Waals surface area contributed by atoms with Crippen LogP contribution in [0.3, 0.4) is 0 Å². The smallest absolute Gasteiger partial charge is 0.357 e. The van der Waals surface area contributed by atoms with Crippen LogP contribution >= 0.6 is 12.2 Å². The van der Waals surface area contributed by atoms with Crippen LogP contribution in [-0.4, -0.2) is 41.0 Å². The minimum atomic E-state index is -0.532. The third kappa shape index (κ3) is 7.18. The number of hydrogen-bond acceptors (Lipinski definition) is 9. The Balaban J connectivity index is 2.07. The molecule has 8 nitrogen and oxygen atoms in total. The quantitative estimate of drug-likeness (QED) is 0.194. The molecule has 0 saturated heterocycles. The summed E-state index contributed by atoms with van der Waals surface area (Å²) in [5.41, 5.74) is 0.753. The number of nitrogens with zero attached hydrogens (tertiary/aromatic N) is 2. The standard InChI is InChI=1S/C19H22N2O6S/c1-14(2)25-19(23)18-15(8-7-11-20-18)12-21(13-17(22)24-3)28-27-26-16-9-5-4-6-10-16/h4-11,14H,12-13H2,1-3H3. The van der Waals surface area contributed by atoms with E-state index in [1.807, 2.05) is 6.07 Å². The van der Waals surface area contributed by atoms with Crippen molar-refractivity contribution in [3.05, 3.63) is 59.9 Å². The molecule has 2 aromatic rings. The van der Waals surface area contributed by atoms with E-state index in [2.05, 4.69) is 4.98 Å². The van der Waals surface area contributed by atoms with Gasteiger partial charge in [-0.2, -0.15) is 0 Å². The van der Waals surface area contributed by atoms with Gasteiger partial charge < -0.3 is 14.4 Å². The number of methoxy groups -OCH3 is 1. The molecule has 0 aliphatic rings. The number of pyridine rings is 1. The van der Waals surface area contributed by atoms with E-state index in [0.717, 1.165) is 12.2 Å². The fourth-order valence-electron chi connectivity index (χ4n) is 2.10. The molecule has 1 aromatic carbocycles. The molecule has 0 fully saturated rings. The lowest BCUT2D eigenvalue weighted by Crippen LogP contribution is -2.26. The third-order valence-electron chi connectivity index (χ3n) is 3.32. The minimum absolute atomic E-state index is 0.0904. The molecule has 150 valence electrons. The molecule has 0 atom stereocenters. The predicted octanol–water partition coefficient (Wildman–Crippen LogP) is 3.20. The lowest BCUT2D eigenvalue weighted by atomic mass is 10.2. The maximum atomic E-state index is 12.3. The Bertz CT molecular complexity index is 772. The van der Waals surface area contributed by atoms with Crippen LogP contribution in [0.25, 0.3) is 0 Å². The first-order chi connectivity index (χ1) is 13.5. The van der Waals surface area contributed by atoms with Crippen LogP contribution in [0.4, 0.5) is 0 Å². The van der Waals surface area contributed by atoms with Gasteiger partial charge in [-0.15, -0.1) is 0 Å². The molecule has 1 heterocycles. The molecule has 0 amide bonds. The van der Waals surface area contributed by atoms with Crippen molar-refractivity contribution in [1.82, 2.24) is 9.29 Å². The van der Waals surface area contributed by atoms with Crippen molar-refractivity contribution in [1.29, 1.82) is 0 Å². The second-order valence-electron chi connectivity index (χ2n) is 5.88. The SMILES string of the molecule is COC(=O)CN(Cc1cccnc1C(=O)OC(C)C)SOOc1ccccc1. The number of para-hydroxylation sites is 1. The first-order valence-electron chi connectivity index (χ1n) is 8.52. The first kappa shape index (κ1) is 21.7. The van der Waals surface area contributed by atoms with Gasteiger partial charge in [0.05, 0.1) is 13.2 Å². The zero-order valence-electron chi connectivity index (χ0n) is 15.9. The Labute approximate surface area is 168 Å². The molecule has 1 aromatic heterocycles. The number of esters is 2. The van der Waals surface area contributed by atoms with Crippen LogP contribution in [0, 0.1) is 0 Å². The number of carbonyl (C=O) groups is 2. The summed E-state index contributed by atoms with van der Waals surface area (Å²) in [6.07, 6.45) is 1.23. The van der Waals surface area contributed by atoms with E-state index in [4.69, 9.17) is 18.7 Å². The van der Waals surface area contributed by atoms with Crippen molar-refractivity contribution >= 4 is 24.2 Å². The molecule has 9 heteroatoms. The summed E-state index contributed by atoms with van der Waals surface area (Å²) < 4.78 is 16.6. The lowest BCUT2D eigenvalue weighted by molar-refractivity contribution is -0.141. The van der Waals surface area contributed by atoms with E-state index in [9.17, 15) is 9.59 Å². The summed E-state index contributed by atoms with van der Waals surface area (Å²) in [5, 5.41) is 0. The highest BCUT2D eigenvalue weighted by Crippen LogP contribution is 2.20. The summed E-state index contributed by atoms with van der Waals surface area (Å²) in [6, 6.07) is 12.3. The van der Waals surface area contributed by atoms with Crippen LogP contribution in [0.2, 0.25) is 0 Å². The summed E-state index contributed by atoms with van der Waals surface area (Å²) >= 11 is 0.820. The van der Waals surface area contributed by atoms with Gasteiger partial charge in [-0.1, -0.05) is 28.6 Å². The van der Waals surface area contributed by atoms with Gasteiger partial charge in [0.1, 0.15) is 18.8 Å². The monoisotopic (exact) mass is 406 g/mol. The summed E-state index contributed by atoms with van der Waals surface area (Å²) in [4.78, 5) is 33.3. The van der Waals surface area contributed by atoms with Gasteiger partial charge >= 0.3 is 11.9 Å². The molecule has 0 saturated carbocycles. The van der Waals surface area contributed by atoms with Crippen molar-refractivity contribution in [3.8, 4) is 5.75 Å². The van der Waals surface area contributed by atoms with Gasteiger partial charge in [-0.05, 0) is 32.0 Å². The maximum Gasteiger partial charge on any atom is 0.357 e. The summed E-state index contributed by atoms with van der Waals surface area (Å²) in [5.74, 6) is -0.489. The number of carbonyl (C=O) groups excluding carboxylic acids is 2. The van der Waals surface area contributed by atoms with Gasteiger partial charge in [-0.3, -0.25) is 4.79 Å². The Morgan fingerprint density at radius 3 is 2.57 bits per heavy atom. The molecule has 0 N–H and O–H groups in total. The average Bonchev–Trinajstić information content (AvgIpc) is 2.68. The largest absolute Gasteiger partial charge is 0.468 e. The molecule has 0 radical (unpaired) electrons. The number of aromatic nitrogens is 1. The lowest BCUT2D eigenvalue weighted by Gasteiger charge is -2.19. The highest BCUT2D eigenvalue weighted by atomic mass is 32.2. The molecule has 2 rings (SSSR count). The second-order valence-corrected chi connectivity index (χ2v) is 6.68. The van der Waals surface area contributed by atoms with E-state index < -0.39 is 11.9 Å². The highest BCUT2D eigenvalue weighted by Gasteiger charge is 2.20. The topological polar surface area (TPSA) is 87.2 Å². The number of benzene rings is 1. The van der Waals surface area contributed by atoms with Crippen molar-refractivity contribution in [2.24, 2.45) is 0 Å². The molecular formula is C19H22N2O6S. The van der Waals surface area contributed by atoms with Crippen LogP contribution in [0.15, 0.2) is 48.7 Å². The van der Waals surface area contributed by atoms with E-state index >= 15 is 0 Å². The highest BCUT2D eigenvalue weighted by molar-refractivity contribution is 7.92. The van der Waals surface area contributed by atoms with Crippen LogP contribution in [0.1, 0.15) is 29.9 Å². The van der Waals surface area contributed by atoms with Gasteiger partial charge in [0.25, 0.3) is 0 Å². The van der Waals surface area contributed by atoms with Gasteiger partial charge in [0.2, 0.25) is 0 Å². The molecule has 0 bridgehead atoms. The Hall–Kier alpha value is -2.62. The van der Waals surface area contributed by atoms with Crippen molar-refractivity contribution in [2.75, 3.05) is 13.7 Å². The van der Waals surface area contributed by atoms with E-state index in [0.29, 0.717) is 11.3 Å². The molecule has 0 spiro atoms. The normalized spacial score (nSPS) is 10.8. The first-order valence-corrected chi connectivity index (χ1v) is 9.22. The van der Waals surface area contributed by atoms with Crippen LogP contribution in [0.5, 0.6) is 5.75 Å². The minimum Gasteiger partial charge on any atom is -0.468 e. The zero-order chi connectivity index (χ0) is 20.4. The summed E-state index contributed by atoms with van der Waals surface area (Å²) in [7, 11) is 1.29. The number of ether oxygens (including phenoxy) is 2. The Kier molecular flexibility index (Phi) is 8.73. The molecular weight excluding hydrogens is 384 g/mol. The number of rotatable bonds is 10. The van der Waals surface area contributed by atoms with Gasteiger partial charge in [0.15, 0.2) is 11.4 Å². The third-order valence-corrected chi connectivity index (χ3v) is 3.91. The maximum absolute atomic E-state index is 12.3. The Morgan fingerprint density at radius 1 is 1.14 bits per heavy atom. The molecule has 0 aliphatic heterocycles. The van der Waals surface area contributed by atoms with Gasteiger partial charge in [0, 0.05) is 18.3 Å². The predicted molar refractivity (Wildman–Crippen MR) is 103 cm³/mol. The fraction of sp³-hybridized carbons (Fsp3) is 0.316. The van der Waals surface area contributed by atoms with Crippen LogP contribution < -0.4 is 4.89 Å². The molecule has 0 unspecified atom stereocenters. The van der Waals surface area contributed by atoms with E-state index in [1.54, 1.807) is 50.2 Å². The Morgan fingerprint density at radius 2 is 1.89 bits per heavy atom.